The second kappa shape index (κ2) is 7.19. The average molecular weight is 269 g/mol. The standard InChI is InChI=1S/C14H24FN3O/c1-5-18(6-2)9-10(3)17-13-8-14(19-4)11(15)7-12(13)16/h7-8,10,17H,5-6,9,16H2,1-4H3. The molecule has 0 amide bonds. The lowest BCUT2D eigenvalue weighted by Crippen LogP contribution is -2.34. The van der Waals surface area contributed by atoms with E-state index in [0.29, 0.717) is 11.4 Å². The second-order valence-corrected chi connectivity index (χ2v) is 4.61. The Balaban J connectivity index is 2.76. The summed E-state index contributed by atoms with van der Waals surface area (Å²) < 4.78 is 18.4. The molecule has 0 heterocycles. The number of hydrogen-bond acceptors (Lipinski definition) is 4. The summed E-state index contributed by atoms with van der Waals surface area (Å²) in [4.78, 5) is 2.31. The highest BCUT2D eigenvalue weighted by atomic mass is 19.1. The van der Waals surface area contributed by atoms with E-state index in [-0.39, 0.29) is 11.8 Å². The third kappa shape index (κ3) is 4.28. The Hall–Kier alpha value is -1.49. The molecule has 1 aromatic rings. The van der Waals surface area contributed by atoms with Crippen molar-refractivity contribution in [3.8, 4) is 5.75 Å². The molecule has 0 radical (unpaired) electrons. The Morgan fingerprint density at radius 3 is 2.53 bits per heavy atom. The number of nitrogens with one attached hydrogen (secondary N) is 1. The minimum Gasteiger partial charge on any atom is -0.494 e. The van der Waals surface area contributed by atoms with Gasteiger partial charge in [0.25, 0.3) is 0 Å². The van der Waals surface area contributed by atoms with Gasteiger partial charge in [-0.05, 0) is 20.0 Å². The first-order valence-electron chi connectivity index (χ1n) is 6.63. The van der Waals surface area contributed by atoms with Gasteiger partial charge in [-0.2, -0.15) is 0 Å². The van der Waals surface area contributed by atoms with Crippen molar-refractivity contribution in [2.75, 3.05) is 37.8 Å². The summed E-state index contributed by atoms with van der Waals surface area (Å²) in [6, 6.07) is 3.10. The van der Waals surface area contributed by atoms with Crippen LogP contribution in [0.3, 0.4) is 0 Å². The van der Waals surface area contributed by atoms with E-state index in [1.54, 1.807) is 6.07 Å². The van der Waals surface area contributed by atoms with E-state index in [2.05, 4.69) is 31.0 Å². The second-order valence-electron chi connectivity index (χ2n) is 4.61. The van der Waals surface area contributed by atoms with Gasteiger partial charge in [0.2, 0.25) is 0 Å². The van der Waals surface area contributed by atoms with Crippen LogP contribution in [0, 0.1) is 5.82 Å². The molecule has 1 atom stereocenters. The summed E-state index contributed by atoms with van der Waals surface area (Å²) in [6.07, 6.45) is 0. The molecule has 108 valence electrons. The number of nitrogens with zero attached hydrogens (tertiary/aromatic N) is 1. The van der Waals surface area contributed by atoms with Crippen molar-refractivity contribution in [2.45, 2.75) is 26.8 Å². The first-order chi connectivity index (χ1) is 9.01. The zero-order valence-electron chi connectivity index (χ0n) is 12.2. The van der Waals surface area contributed by atoms with Gasteiger partial charge in [0, 0.05) is 24.7 Å². The summed E-state index contributed by atoms with van der Waals surface area (Å²) in [7, 11) is 1.44. The third-order valence-corrected chi connectivity index (χ3v) is 3.15. The first-order valence-corrected chi connectivity index (χ1v) is 6.63. The van der Waals surface area contributed by atoms with Crippen molar-refractivity contribution in [3.05, 3.63) is 17.9 Å². The van der Waals surface area contributed by atoms with Crippen LogP contribution in [0.2, 0.25) is 0 Å². The maximum Gasteiger partial charge on any atom is 0.167 e. The zero-order chi connectivity index (χ0) is 14.4. The molecular formula is C14H24FN3O. The number of rotatable bonds is 7. The minimum atomic E-state index is -0.443. The fourth-order valence-corrected chi connectivity index (χ4v) is 2.03. The molecule has 0 bridgehead atoms. The molecule has 0 aliphatic heterocycles. The van der Waals surface area contributed by atoms with Crippen LogP contribution in [0.25, 0.3) is 0 Å². The van der Waals surface area contributed by atoms with E-state index in [0.717, 1.165) is 19.6 Å². The molecule has 0 saturated carbocycles. The van der Waals surface area contributed by atoms with Crippen LogP contribution in [0.5, 0.6) is 5.75 Å². The van der Waals surface area contributed by atoms with Gasteiger partial charge in [0.05, 0.1) is 18.5 Å². The number of halogens is 1. The van der Waals surface area contributed by atoms with Crippen LogP contribution >= 0.6 is 0 Å². The number of nitrogen functional groups attached to an aromatic ring is 1. The zero-order valence-corrected chi connectivity index (χ0v) is 12.2. The van der Waals surface area contributed by atoms with E-state index in [1.165, 1.54) is 13.2 Å². The normalized spacial score (nSPS) is 12.5. The van der Waals surface area contributed by atoms with Crippen LogP contribution in [-0.4, -0.2) is 37.7 Å². The fourth-order valence-electron chi connectivity index (χ4n) is 2.03. The molecule has 1 aromatic carbocycles. The van der Waals surface area contributed by atoms with Gasteiger partial charge in [-0.3, -0.25) is 0 Å². The van der Waals surface area contributed by atoms with Gasteiger partial charge in [-0.25, -0.2) is 4.39 Å². The highest BCUT2D eigenvalue weighted by molar-refractivity contribution is 5.68. The van der Waals surface area contributed by atoms with Crippen molar-refractivity contribution in [3.63, 3.8) is 0 Å². The third-order valence-electron chi connectivity index (χ3n) is 3.15. The predicted molar refractivity (Wildman–Crippen MR) is 78.2 cm³/mol. The molecule has 19 heavy (non-hydrogen) atoms. The average Bonchev–Trinajstić information content (AvgIpc) is 2.39. The van der Waals surface area contributed by atoms with Crippen LogP contribution in [0.4, 0.5) is 15.8 Å². The number of benzene rings is 1. The van der Waals surface area contributed by atoms with E-state index >= 15 is 0 Å². The summed E-state index contributed by atoms with van der Waals surface area (Å²) in [5.41, 5.74) is 6.92. The maximum atomic E-state index is 13.4. The fraction of sp³-hybridized carbons (Fsp3) is 0.571. The number of anilines is 2. The van der Waals surface area contributed by atoms with Crippen molar-refractivity contribution < 1.29 is 9.13 Å². The highest BCUT2D eigenvalue weighted by Crippen LogP contribution is 2.28. The van der Waals surface area contributed by atoms with Crippen molar-refractivity contribution in [2.24, 2.45) is 0 Å². The van der Waals surface area contributed by atoms with Gasteiger partial charge in [-0.15, -0.1) is 0 Å². The summed E-state index contributed by atoms with van der Waals surface area (Å²) >= 11 is 0. The number of methoxy groups -OCH3 is 1. The molecule has 0 fully saturated rings. The van der Waals surface area contributed by atoms with Crippen molar-refractivity contribution >= 4 is 11.4 Å². The van der Waals surface area contributed by atoms with E-state index < -0.39 is 5.82 Å². The van der Waals surface area contributed by atoms with E-state index in [1.807, 2.05) is 0 Å². The maximum absolute atomic E-state index is 13.4. The van der Waals surface area contributed by atoms with Gasteiger partial charge >= 0.3 is 0 Å². The molecule has 1 rings (SSSR count). The quantitative estimate of drug-likeness (QED) is 0.747. The van der Waals surface area contributed by atoms with Crippen LogP contribution in [-0.2, 0) is 0 Å². The number of ether oxygens (including phenoxy) is 1. The highest BCUT2D eigenvalue weighted by Gasteiger charge is 2.12. The predicted octanol–water partition coefficient (Wildman–Crippen LogP) is 2.56. The Morgan fingerprint density at radius 1 is 1.37 bits per heavy atom. The number of likely N-dealkylation sites (N-methyl/N-ethyl adjacent to an activating group) is 1. The van der Waals surface area contributed by atoms with E-state index in [4.69, 9.17) is 10.5 Å². The molecule has 3 N–H and O–H groups in total. The summed E-state index contributed by atoms with van der Waals surface area (Å²) in [5, 5.41) is 3.30. The number of nitrogens with two attached hydrogens (primary N) is 1. The minimum absolute atomic E-state index is 0.201. The molecule has 4 nitrogen and oxygen atoms in total. The molecule has 0 saturated heterocycles. The van der Waals surface area contributed by atoms with Gasteiger partial charge < -0.3 is 20.7 Å². The lowest BCUT2D eigenvalue weighted by Gasteiger charge is -2.24. The van der Waals surface area contributed by atoms with Crippen molar-refractivity contribution in [1.82, 2.24) is 4.90 Å². The Labute approximate surface area is 114 Å². The Bertz CT molecular complexity index is 408. The lowest BCUT2D eigenvalue weighted by molar-refractivity contribution is 0.295. The Kier molecular flexibility index (Phi) is 5.89. The largest absolute Gasteiger partial charge is 0.494 e. The molecule has 1 unspecified atom stereocenters. The molecule has 0 aliphatic rings. The lowest BCUT2D eigenvalue weighted by atomic mass is 10.2. The summed E-state index contributed by atoms with van der Waals surface area (Å²) in [5.74, 6) is -0.242. The first kappa shape index (κ1) is 15.6. The molecule has 5 heteroatoms. The topological polar surface area (TPSA) is 50.5 Å². The Morgan fingerprint density at radius 2 is 2.00 bits per heavy atom. The smallest absolute Gasteiger partial charge is 0.167 e. The van der Waals surface area contributed by atoms with Crippen LogP contribution in [0.1, 0.15) is 20.8 Å². The molecular weight excluding hydrogens is 245 g/mol. The van der Waals surface area contributed by atoms with Crippen LogP contribution < -0.4 is 15.8 Å². The van der Waals surface area contributed by atoms with Crippen LogP contribution in [0.15, 0.2) is 12.1 Å². The van der Waals surface area contributed by atoms with Crippen molar-refractivity contribution in [1.29, 1.82) is 0 Å². The van der Waals surface area contributed by atoms with Gasteiger partial charge in [-0.1, -0.05) is 13.8 Å². The SMILES string of the molecule is CCN(CC)CC(C)Nc1cc(OC)c(F)cc1N. The van der Waals surface area contributed by atoms with Gasteiger partial charge in [0.1, 0.15) is 0 Å². The molecule has 0 spiro atoms. The number of hydrogen-bond donors (Lipinski definition) is 2. The van der Waals surface area contributed by atoms with E-state index in [9.17, 15) is 4.39 Å². The molecule has 0 aromatic heterocycles. The summed E-state index contributed by atoms with van der Waals surface area (Å²) in [6.45, 7) is 9.26. The molecule has 0 aliphatic carbocycles. The monoisotopic (exact) mass is 269 g/mol. The van der Waals surface area contributed by atoms with Gasteiger partial charge in [0.15, 0.2) is 11.6 Å².